The van der Waals surface area contributed by atoms with Crippen LogP contribution in [0.2, 0.25) is 10.0 Å². The summed E-state index contributed by atoms with van der Waals surface area (Å²) in [5, 5.41) is 4.57. The van der Waals surface area contributed by atoms with Gasteiger partial charge in [0, 0.05) is 28.4 Å². The van der Waals surface area contributed by atoms with Crippen molar-refractivity contribution >= 4 is 41.0 Å². The highest BCUT2D eigenvalue weighted by molar-refractivity contribution is 6.36. The smallest absolute Gasteiger partial charge is 0.272 e. The number of hydrogen-bond acceptors (Lipinski definition) is 3. The van der Waals surface area contributed by atoms with Gasteiger partial charge >= 0.3 is 0 Å². The van der Waals surface area contributed by atoms with Crippen molar-refractivity contribution in [3.05, 3.63) is 62.9 Å². The average molecular weight is 436 g/mol. The van der Waals surface area contributed by atoms with Crippen molar-refractivity contribution in [2.45, 2.75) is 45.6 Å². The van der Waals surface area contributed by atoms with E-state index in [1.807, 2.05) is 6.07 Å². The Morgan fingerprint density at radius 1 is 1.34 bits per heavy atom. The molecule has 0 saturated carbocycles. The van der Waals surface area contributed by atoms with Gasteiger partial charge in [-0.25, -0.2) is 9.82 Å². The van der Waals surface area contributed by atoms with Crippen LogP contribution in [0.15, 0.2) is 35.4 Å². The number of carbonyl (C=O) groups excluding carboxylic acids is 1. The molecule has 1 unspecified atom stereocenters. The van der Waals surface area contributed by atoms with Crippen LogP contribution in [0.5, 0.6) is 0 Å². The minimum atomic E-state index is -0.492. The maximum atomic E-state index is 14.8. The van der Waals surface area contributed by atoms with Gasteiger partial charge < -0.3 is 4.90 Å². The largest absolute Gasteiger partial charge is 0.366 e. The first-order valence-corrected chi connectivity index (χ1v) is 10.3. The number of anilines is 1. The van der Waals surface area contributed by atoms with Crippen molar-refractivity contribution in [3.63, 3.8) is 0 Å². The Bertz CT molecular complexity index is 975. The summed E-state index contributed by atoms with van der Waals surface area (Å²) in [5.41, 5.74) is 4.93. The second-order valence-electron chi connectivity index (χ2n) is 7.92. The number of amides is 1. The molecule has 0 saturated heterocycles. The number of rotatable bonds is 4. The number of nitrogens with one attached hydrogen (secondary N) is 1. The summed E-state index contributed by atoms with van der Waals surface area (Å²) >= 11 is 11.9. The zero-order valence-electron chi connectivity index (χ0n) is 16.9. The lowest BCUT2D eigenvalue weighted by Crippen LogP contribution is -2.48. The fraction of sp³-hybridized carbons (Fsp3) is 0.364. The lowest BCUT2D eigenvalue weighted by Gasteiger charge is -2.47. The summed E-state index contributed by atoms with van der Waals surface area (Å²) in [4.78, 5) is 14.5. The van der Waals surface area contributed by atoms with E-state index in [-0.39, 0.29) is 27.9 Å². The molecule has 2 aromatic rings. The molecule has 0 fully saturated rings. The Morgan fingerprint density at radius 3 is 2.72 bits per heavy atom. The van der Waals surface area contributed by atoms with Crippen molar-refractivity contribution < 1.29 is 9.18 Å². The molecule has 1 N–H and O–H groups in total. The lowest BCUT2D eigenvalue weighted by atomic mass is 9.79. The summed E-state index contributed by atoms with van der Waals surface area (Å²) < 4.78 is 14.8. The zero-order valence-corrected chi connectivity index (χ0v) is 18.4. The third-order valence-electron chi connectivity index (χ3n) is 5.37. The van der Waals surface area contributed by atoms with Gasteiger partial charge in [-0.1, -0.05) is 30.1 Å². The molecule has 0 bridgehead atoms. The molecule has 154 valence electrons. The van der Waals surface area contributed by atoms with Crippen LogP contribution in [-0.2, 0) is 0 Å². The van der Waals surface area contributed by atoms with Gasteiger partial charge in [0.25, 0.3) is 5.91 Å². The molecular formula is C22H24Cl2FN3O. The summed E-state index contributed by atoms with van der Waals surface area (Å²) in [6.07, 6.45) is 2.29. The third-order valence-corrected chi connectivity index (χ3v) is 5.91. The summed E-state index contributed by atoms with van der Waals surface area (Å²) in [5.74, 6) is -0.582. The zero-order chi connectivity index (χ0) is 21.3. The van der Waals surface area contributed by atoms with Gasteiger partial charge in [0.2, 0.25) is 0 Å². The van der Waals surface area contributed by atoms with Gasteiger partial charge in [0.15, 0.2) is 0 Å². The highest BCUT2D eigenvalue weighted by atomic mass is 35.5. The first-order chi connectivity index (χ1) is 13.6. The maximum Gasteiger partial charge on any atom is 0.272 e. The second-order valence-corrected chi connectivity index (χ2v) is 8.76. The van der Waals surface area contributed by atoms with Crippen molar-refractivity contribution in [2.24, 2.45) is 5.10 Å². The second kappa shape index (κ2) is 8.33. The van der Waals surface area contributed by atoms with Gasteiger partial charge in [-0.2, -0.15) is 5.10 Å². The van der Waals surface area contributed by atoms with E-state index in [1.165, 1.54) is 18.3 Å². The topological polar surface area (TPSA) is 44.7 Å². The number of benzene rings is 2. The molecule has 7 heteroatoms. The highest BCUT2D eigenvalue weighted by Gasteiger charge is 2.36. The Hall–Kier alpha value is -2.11. The first kappa shape index (κ1) is 21.6. The van der Waals surface area contributed by atoms with Crippen LogP contribution in [0.1, 0.15) is 61.5 Å². The molecule has 3 rings (SSSR count). The predicted molar refractivity (Wildman–Crippen MR) is 118 cm³/mol. The van der Waals surface area contributed by atoms with Crippen molar-refractivity contribution in [3.8, 4) is 0 Å². The Labute approximate surface area is 180 Å². The molecule has 1 atom stereocenters. The number of halogens is 3. The predicted octanol–water partition coefficient (Wildman–Crippen LogP) is 6.01. The van der Waals surface area contributed by atoms with E-state index in [1.54, 1.807) is 12.1 Å². The van der Waals surface area contributed by atoms with Crippen LogP contribution < -0.4 is 10.3 Å². The molecule has 0 radical (unpaired) electrons. The van der Waals surface area contributed by atoms with Crippen LogP contribution in [-0.4, -0.2) is 24.2 Å². The van der Waals surface area contributed by atoms with E-state index >= 15 is 0 Å². The van der Waals surface area contributed by atoms with Gasteiger partial charge in [0.05, 0.1) is 16.8 Å². The Balaban J connectivity index is 1.83. The van der Waals surface area contributed by atoms with E-state index in [9.17, 15) is 9.18 Å². The maximum absolute atomic E-state index is 14.8. The first-order valence-electron chi connectivity index (χ1n) is 9.53. The number of hydrazone groups is 1. The number of carbonyl (C=O) groups is 1. The van der Waals surface area contributed by atoms with Gasteiger partial charge in [0.1, 0.15) is 5.82 Å². The monoisotopic (exact) mass is 435 g/mol. The quantitative estimate of drug-likeness (QED) is 0.471. The number of nitrogens with zero attached hydrogens (tertiary/aromatic N) is 2. The van der Waals surface area contributed by atoms with Crippen LogP contribution in [0, 0.1) is 5.82 Å². The molecule has 4 nitrogen and oxygen atoms in total. The van der Waals surface area contributed by atoms with Crippen LogP contribution in [0.4, 0.5) is 10.1 Å². The molecule has 0 spiro atoms. The summed E-state index contributed by atoms with van der Waals surface area (Å²) in [6.45, 7) is 9.39. The van der Waals surface area contributed by atoms with Crippen LogP contribution in [0.25, 0.3) is 0 Å². The molecule has 29 heavy (non-hydrogen) atoms. The third kappa shape index (κ3) is 4.41. The molecule has 1 aliphatic rings. The average Bonchev–Trinajstić information content (AvgIpc) is 2.62. The van der Waals surface area contributed by atoms with Gasteiger partial charge in [-0.05, 0) is 69.0 Å². The minimum Gasteiger partial charge on any atom is -0.366 e. The highest BCUT2D eigenvalue weighted by Crippen LogP contribution is 2.43. The summed E-state index contributed by atoms with van der Waals surface area (Å²) in [7, 11) is 0. The molecule has 1 heterocycles. The summed E-state index contributed by atoms with van der Waals surface area (Å²) in [6, 6.07) is 7.94. The van der Waals surface area contributed by atoms with E-state index in [0.29, 0.717) is 10.6 Å². The van der Waals surface area contributed by atoms with Crippen molar-refractivity contribution in [2.75, 3.05) is 11.4 Å². The fourth-order valence-electron chi connectivity index (χ4n) is 4.11. The van der Waals surface area contributed by atoms with Crippen molar-refractivity contribution in [1.29, 1.82) is 0 Å². The van der Waals surface area contributed by atoms with Gasteiger partial charge in [-0.15, -0.1) is 0 Å². The standard InChI is InChI=1S/C22H24Cl2FN3O/c1-5-28-20-10-19(25)14(8-17(20)13(2)11-22(28,3)4)12-26-27-21(29)16-7-6-15(23)9-18(16)24/h6-10,12-13H,5,11H2,1-4H3,(H,27,29)/b26-12-. The fourth-order valence-corrected chi connectivity index (χ4v) is 4.61. The molecule has 1 amide bonds. The number of hydrogen-bond donors (Lipinski definition) is 1. The van der Waals surface area contributed by atoms with Crippen molar-refractivity contribution in [1.82, 2.24) is 5.43 Å². The van der Waals surface area contributed by atoms with E-state index < -0.39 is 5.91 Å². The van der Waals surface area contributed by atoms with Crippen LogP contribution in [0.3, 0.4) is 0 Å². The molecule has 0 aliphatic carbocycles. The van der Waals surface area contributed by atoms with Crippen LogP contribution >= 0.6 is 23.2 Å². The van der Waals surface area contributed by atoms with E-state index in [4.69, 9.17) is 23.2 Å². The molecular weight excluding hydrogens is 412 g/mol. The molecule has 1 aliphatic heterocycles. The lowest BCUT2D eigenvalue weighted by molar-refractivity contribution is 0.0955. The Morgan fingerprint density at radius 2 is 2.07 bits per heavy atom. The molecule has 0 aromatic heterocycles. The van der Waals surface area contributed by atoms with Gasteiger partial charge in [-0.3, -0.25) is 4.79 Å². The normalized spacial score (nSPS) is 18.0. The number of fused-ring (bicyclic) bond motifs is 1. The Kier molecular flexibility index (Phi) is 6.20. The van der Waals surface area contributed by atoms with E-state index in [0.717, 1.165) is 24.2 Å². The molecule has 2 aromatic carbocycles. The minimum absolute atomic E-state index is 0.0327. The SMILES string of the molecule is CCN1c2cc(F)c(/C=N\NC(=O)c3ccc(Cl)cc3Cl)cc2C(C)CC1(C)C. The van der Waals surface area contributed by atoms with E-state index in [2.05, 4.69) is 43.1 Å².